The largest absolute Gasteiger partial charge is 0.480 e. The zero-order valence-corrected chi connectivity index (χ0v) is 6.15. The molecule has 1 unspecified atom stereocenters. The van der Waals surface area contributed by atoms with Crippen molar-refractivity contribution < 1.29 is 9.90 Å². The summed E-state index contributed by atoms with van der Waals surface area (Å²) in [5.74, 6) is -0.1000. The number of hydrogen-bond donors (Lipinski definition) is 2. The van der Waals surface area contributed by atoms with Crippen molar-refractivity contribution in [2.24, 2.45) is 5.73 Å². The van der Waals surface area contributed by atoms with Crippen LogP contribution in [-0.2, 0) is 4.79 Å². The molecule has 3 nitrogen and oxygen atoms in total. The second kappa shape index (κ2) is 4.64. The molecule has 0 saturated heterocycles. The molecule has 0 spiro atoms. The van der Waals surface area contributed by atoms with Gasteiger partial charge in [0.1, 0.15) is 6.04 Å². The van der Waals surface area contributed by atoms with E-state index in [4.69, 9.17) is 10.8 Å². The Hall–Kier alpha value is -0.220. The van der Waals surface area contributed by atoms with Crippen molar-refractivity contribution >= 4 is 17.7 Å². The van der Waals surface area contributed by atoms with Gasteiger partial charge in [0.25, 0.3) is 0 Å². The van der Waals surface area contributed by atoms with E-state index < -0.39 is 12.0 Å². The Bertz CT molecular complexity index is 97.0. The summed E-state index contributed by atoms with van der Waals surface area (Å²) in [5, 5.41) is 8.27. The first-order valence-electron chi connectivity index (χ1n) is 2.65. The number of hydrogen-bond acceptors (Lipinski definition) is 3. The van der Waals surface area contributed by atoms with Gasteiger partial charge in [0.15, 0.2) is 0 Å². The first kappa shape index (κ1) is 8.78. The summed E-state index contributed by atoms with van der Waals surface area (Å²) in [6, 6.07) is -0.683. The summed E-state index contributed by atoms with van der Waals surface area (Å²) in [6.07, 6.45) is 2.48. The van der Waals surface area contributed by atoms with Gasteiger partial charge in [-0.15, -0.1) is 0 Å². The Kier molecular flexibility index (Phi) is 4.53. The smallest absolute Gasteiger partial charge is 0.320 e. The van der Waals surface area contributed by atoms with Crippen molar-refractivity contribution in [3.63, 3.8) is 0 Å². The summed E-state index contributed by atoms with van der Waals surface area (Å²) >= 11 is 1.60. The molecule has 9 heavy (non-hydrogen) atoms. The van der Waals surface area contributed by atoms with Crippen LogP contribution in [0, 0.1) is 0 Å². The Morgan fingerprint density at radius 3 is 2.78 bits per heavy atom. The highest BCUT2D eigenvalue weighted by Gasteiger charge is 2.08. The quantitative estimate of drug-likeness (QED) is 0.595. The van der Waals surface area contributed by atoms with Crippen LogP contribution >= 0.6 is 11.8 Å². The third-order valence-electron chi connectivity index (χ3n) is 0.950. The van der Waals surface area contributed by atoms with Gasteiger partial charge in [-0.3, -0.25) is 4.79 Å². The summed E-state index contributed by atoms with van der Waals surface area (Å²) in [6.45, 7) is 0. The molecule has 0 radical (unpaired) electrons. The lowest BCUT2D eigenvalue weighted by Crippen LogP contribution is -2.30. The van der Waals surface area contributed by atoms with E-state index >= 15 is 0 Å². The highest BCUT2D eigenvalue weighted by molar-refractivity contribution is 7.98. The molecular formula is C5H11NO2S. The van der Waals surface area contributed by atoms with E-state index in [1.54, 1.807) is 11.8 Å². The maximum atomic E-state index is 10.1. The monoisotopic (exact) mass is 148 g/mol. The zero-order valence-electron chi connectivity index (χ0n) is 5.33. The van der Waals surface area contributed by atoms with E-state index in [2.05, 4.69) is 0 Å². The van der Waals surface area contributed by atoms with Crippen LogP contribution in [0.3, 0.4) is 0 Å². The maximum Gasteiger partial charge on any atom is 0.320 e. The van der Waals surface area contributed by atoms with E-state index in [1.165, 1.54) is 0 Å². The molecule has 54 valence electrons. The van der Waals surface area contributed by atoms with Gasteiger partial charge in [0, 0.05) is 0 Å². The Balaban J connectivity index is 3.27. The number of nitrogens with two attached hydrogens (primary N) is 1. The van der Waals surface area contributed by atoms with E-state index in [-0.39, 0.29) is 0 Å². The normalized spacial score (nSPS) is 13.1. The van der Waals surface area contributed by atoms with Crippen LogP contribution in [-0.4, -0.2) is 29.1 Å². The third-order valence-corrected chi connectivity index (χ3v) is 1.59. The van der Waals surface area contributed by atoms with Crippen LogP contribution in [0.1, 0.15) is 6.42 Å². The lowest BCUT2D eigenvalue weighted by atomic mass is 10.2. The molecule has 4 heteroatoms. The number of aliphatic carboxylic acids is 1. The number of carbonyl (C=O) groups is 1. The van der Waals surface area contributed by atoms with Crippen molar-refractivity contribution in [1.29, 1.82) is 0 Å². The highest BCUT2D eigenvalue weighted by atomic mass is 32.2. The lowest BCUT2D eigenvalue weighted by molar-refractivity contribution is -0.138. The molecule has 1 atom stereocenters. The van der Waals surface area contributed by atoms with Gasteiger partial charge < -0.3 is 10.8 Å². The average molecular weight is 148 g/mol. The minimum Gasteiger partial charge on any atom is -0.480 e. The molecule has 0 bridgehead atoms. The zero-order chi connectivity index (χ0) is 7.28. The standard InChI is InChI=1S/C5H11NO2S/c1-9-3-2-4(6)5(7)8/h4H,2-3,6H2,1H3,(H,7,8)/i1-1. The molecule has 3 N–H and O–H groups in total. The van der Waals surface area contributed by atoms with Gasteiger partial charge in [0.05, 0.1) is 0 Å². The second-order valence-corrected chi connectivity index (χ2v) is 2.71. The topological polar surface area (TPSA) is 63.3 Å². The SMILES string of the molecule is [11CH3]SCCC(N)C(=O)O. The fourth-order valence-electron chi connectivity index (χ4n) is 0.368. The molecule has 0 fully saturated rings. The minimum absolute atomic E-state index is 0.552. The van der Waals surface area contributed by atoms with Gasteiger partial charge in [0.2, 0.25) is 0 Å². The summed E-state index contributed by atoms with van der Waals surface area (Å²) in [7, 11) is 0. The Morgan fingerprint density at radius 1 is 1.89 bits per heavy atom. The number of thioether (sulfide) groups is 1. The average Bonchev–Trinajstić information content (AvgIpc) is 1.82. The van der Waals surface area contributed by atoms with Crippen molar-refractivity contribution in [3.05, 3.63) is 0 Å². The van der Waals surface area contributed by atoms with Crippen molar-refractivity contribution in [1.82, 2.24) is 0 Å². The fraction of sp³-hybridized carbons (Fsp3) is 0.800. The molecule has 0 aromatic heterocycles. The first-order valence-corrected chi connectivity index (χ1v) is 4.05. The molecule has 0 amide bonds. The van der Waals surface area contributed by atoms with Crippen LogP contribution in [0.2, 0.25) is 0 Å². The number of carboxylic acids is 1. The Labute approximate surface area is 58.6 Å². The molecule has 0 aliphatic heterocycles. The van der Waals surface area contributed by atoms with Gasteiger partial charge in [-0.25, -0.2) is 0 Å². The van der Waals surface area contributed by atoms with E-state index in [9.17, 15) is 4.79 Å². The lowest BCUT2D eigenvalue weighted by Gasteiger charge is -2.02. The second-order valence-electron chi connectivity index (χ2n) is 1.73. The predicted molar refractivity (Wildman–Crippen MR) is 38.6 cm³/mol. The van der Waals surface area contributed by atoms with E-state index in [0.29, 0.717) is 6.42 Å². The van der Waals surface area contributed by atoms with Crippen LogP contribution in [0.5, 0.6) is 0 Å². The van der Waals surface area contributed by atoms with Gasteiger partial charge in [-0.2, -0.15) is 11.8 Å². The molecule has 0 aliphatic carbocycles. The van der Waals surface area contributed by atoms with Crippen LogP contribution in [0.4, 0.5) is 0 Å². The number of rotatable bonds is 4. The molecule has 0 heterocycles. The minimum atomic E-state index is -0.913. The Morgan fingerprint density at radius 2 is 2.44 bits per heavy atom. The first-order chi connectivity index (χ1) is 4.18. The molecule has 0 rings (SSSR count). The van der Waals surface area contributed by atoms with Gasteiger partial charge >= 0.3 is 5.97 Å². The van der Waals surface area contributed by atoms with E-state index in [1.807, 2.05) is 6.26 Å². The fourth-order valence-corrected chi connectivity index (χ4v) is 0.858. The molecule has 0 aliphatic rings. The van der Waals surface area contributed by atoms with Crippen molar-refractivity contribution in [3.8, 4) is 0 Å². The van der Waals surface area contributed by atoms with Crippen molar-refractivity contribution in [2.75, 3.05) is 12.0 Å². The van der Waals surface area contributed by atoms with Crippen LogP contribution in [0.25, 0.3) is 0 Å². The van der Waals surface area contributed by atoms with Crippen LogP contribution in [0.15, 0.2) is 0 Å². The van der Waals surface area contributed by atoms with Gasteiger partial charge in [-0.1, -0.05) is 0 Å². The molecule has 0 saturated carbocycles. The highest BCUT2D eigenvalue weighted by Crippen LogP contribution is 1.97. The summed E-state index contributed by atoms with van der Waals surface area (Å²) in [4.78, 5) is 10.1. The maximum absolute atomic E-state index is 10.1. The summed E-state index contributed by atoms with van der Waals surface area (Å²) < 4.78 is 0. The molecular weight excluding hydrogens is 137 g/mol. The molecule has 0 aromatic carbocycles. The van der Waals surface area contributed by atoms with Crippen molar-refractivity contribution in [2.45, 2.75) is 12.5 Å². The van der Waals surface area contributed by atoms with Gasteiger partial charge in [-0.05, 0) is 18.4 Å². The predicted octanol–water partition coefficient (Wildman–Crippen LogP) is 0.151. The number of carboxylic acid groups (broad SMARTS) is 1. The third kappa shape index (κ3) is 4.29. The van der Waals surface area contributed by atoms with Crippen LogP contribution < -0.4 is 5.73 Å². The molecule has 0 aromatic rings. The van der Waals surface area contributed by atoms with E-state index in [0.717, 1.165) is 5.75 Å². The summed E-state index contributed by atoms with van der Waals surface area (Å²) in [5.41, 5.74) is 5.19.